The van der Waals surface area contributed by atoms with E-state index in [1.165, 1.54) is 25.7 Å². The Labute approximate surface area is 91.2 Å². The third-order valence-corrected chi connectivity index (χ3v) is 4.43. The van der Waals surface area contributed by atoms with Gasteiger partial charge in [-0.3, -0.25) is 4.79 Å². The summed E-state index contributed by atoms with van der Waals surface area (Å²) in [5, 5.41) is 0. The van der Waals surface area contributed by atoms with Gasteiger partial charge in [-0.05, 0) is 31.1 Å². The molecule has 0 N–H and O–H groups in total. The van der Waals surface area contributed by atoms with E-state index in [-0.39, 0.29) is 5.92 Å². The van der Waals surface area contributed by atoms with E-state index in [0.29, 0.717) is 23.5 Å². The lowest BCUT2D eigenvalue weighted by Gasteiger charge is -2.41. The van der Waals surface area contributed by atoms with Gasteiger partial charge in [0.25, 0.3) is 0 Å². The number of Topliss-reactive ketones (excluding diaryl/α,β-unsaturated/α-hetero) is 1. The highest BCUT2D eigenvalue weighted by Gasteiger charge is 2.42. The molecule has 0 aromatic rings. The molecule has 3 rings (SSSR count). The third-order valence-electron chi connectivity index (χ3n) is 4.43. The average Bonchev–Trinajstić information content (AvgIpc) is 2.30. The van der Waals surface area contributed by atoms with Crippen LogP contribution in [-0.2, 0) is 4.79 Å². The van der Waals surface area contributed by atoms with E-state index in [9.17, 15) is 4.79 Å². The van der Waals surface area contributed by atoms with Crippen LogP contribution in [0.5, 0.6) is 0 Å². The Bertz CT molecular complexity index is 326. The smallest absolute Gasteiger partial charge is 0.143 e. The van der Waals surface area contributed by atoms with Gasteiger partial charge in [-0.2, -0.15) is 0 Å². The van der Waals surface area contributed by atoms with Crippen molar-refractivity contribution in [1.29, 1.82) is 0 Å². The molecule has 0 radical (unpaired) electrons. The number of hydrogen-bond acceptors (Lipinski definition) is 1. The molecule has 0 bridgehead atoms. The van der Waals surface area contributed by atoms with Gasteiger partial charge in [0, 0.05) is 11.8 Å². The second-order valence-corrected chi connectivity index (χ2v) is 5.25. The number of rotatable bonds is 0. The van der Waals surface area contributed by atoms with Crippen LogP contribution in [0.15, 0.2) is 24.3 Å². The van der Waals surface area contributed by atoms with Crippen LogP contribution < -0.4 is 0 Å². The Morgan fingerprint density at radius 3 is 2.80 bits per heavy atom. The van der Waals surface area contributed by atoms with Gasteiger partial charge >= 0.3 is 0 Å². The van der Waals surface area contributed by atoms with Crippen molar-refractivity contribution in [3.8, 4) is 0 Å². The van der Waals surface area contributed by atoms with Crippen molar-refractivity contribution < 1.29 is 4.79 Å². The molecule has 4 unspecified atom stereocenters. The molecule has 80 valence electrons. The van der Waals surface area contributed by atoms with Crippen molar-refractivity contribution in [2.24, 2.45) is 23.7 Å². The van der Waals surface area contributed by atoms with Crippen molar-refractivity contribution in [2.75, 3.05) is 0 Å². The number of carbonyl (C=O) groups excluding carboxylic acids is 1. The summed E-state index contributed by atoms with van der Waals surface area (Å²) in [4.78, 5) is 12.3. The van der Waals surface area contributed by atoms with Crippen LogP contribution in [-0.4, -0.2) is 5.78 Å². The number of fused-ring (bicyclic) bond motifs is 2. The molecule has 0 aromatic heterocycles. The largest absolute Gasteiger partial charge is 0.299 e. The molecule has 15 heavy (non-hydrogen) atoms. The van der Waals surface area contributed by atoms with Crippen molar-refractivity contribution in [3.63, 3.8) is 0 Å². The maximum absolute atomic E-state index is 12.3. The van der Waals surface area contributed by atoms with Gasteiger partial charge in [0.05, 0.1) is 0 Å². The van der Waals surface area contributed by atoms with Crippen LogP contribution in [0.1, 0.15) is 32.1 Å². The molecule has 1 nitrogen and oxygen atoms in total. The van der Waals surface area contributed by atoms with E-state index < -0.39 is 0 Å². The normalized spacial score (nSPS) is 43.6. The summed E-state index contributed by atoms with van der Waals surface area (Å²) in [6.45, 7) is 0. The van der Waals surface area contributed by atoms with Gasteiger partial charge in [-0.15, -0.1) is 0 Å². The van der Waals surface area contributed by atoms with Crippen molar-refractivity contribution in [2.45, 2.75) is 32.1 Å². The summed E-state index contributed by atoms with van der Waals surface area (Å²) in [6, 6.07) is 0. The minimum absolute atomic E-state index is 0.217. The first-order valence-electron chi connectivity index (χ1n) is 6.25. The Kier molecular flexibility index (Phi) is 2.27. The minimum atomic E-state index is 0.217. The lowest BCUT2D eigenvalue weighted by atomic mass is 9.62. The summed E-state index contributed by atoms with van der Waals surface area (Å²) in [6.07, 6.45) is 14.8. The van der Waals surface area contributed by atoms with E-state index in [2.05, 4.69) is 18.2 Å². The number of allylic oxidation sites excluding steroid dienone is 4. The van der Waals surface area contributed by atoms with Gasteiger partial charge in [0.1, 0.15) is 5.78 Å². The first-order valence-corrected chi connectivity index (χ1v) is 6.25. The quantitative estimate of drug-likeness (QED) is 0.590. The fourth-order valence-electron chi connectivity index (χ4n) is 3.65. The number of carbonyl (C=O) groups is 1. The fraction of sp³-hybridized carbons (Fsp3) is 0.643. The van der Waals surface area contributed by atoms with E-state index >= 15 is 0 Å². The van der Waals surface area contributed by atoms with Crippen molar-refractivity contribution in [1.82, 2.24) is 0 Å². The molecular weight excluding hydrogens is 184 g/mol. The Morgan fingerprint density at radius 2 is 1.87 bits per heavy atom. The fourth-order valence-corrected chi connectivity index (χ4v) is 3.65. The Balaban J connectivity index is 1.86. The monoisotopic (exact) mass is 202 g/mol. The summed E-state index contributed by atoms with van der Waals surface area (Å²) >= 11 is 0. The summed E-state index contributed by atoms with van der Waals surface area (Å²) in [7, 11) is 0. The third kappa shape index (κ3) is 1.49. The maximum atomic E-state index is 12.3. The molecule has 4 atom stereocenters. The topological polar surface area (TPSA) is 17.1 Å². The molecule has 2 saturated carbocycles. The summed E-state index contributed by atoms with van der Waals surface area (Å²) < 4.78 is 0. The van der Waals surface area contributed by atoms with Gasteiger partial charge < -0.3 is 0 Å². The standard InChI is InChI=1S/C14H18O/c15-14-12-7-3-1-5-10(12)9-11-6-2-4-8-13(11)14/h1,3,5,7,10-13H,2,4,6,8-9H2. The number of hydrogen-bond donors (Lipinski definition) is 0. The highest BCUT2D eigenvalue weighted by Crippen LogP contribution is 2.44. The molecule has 0 heterocycles. The maximum Gasteiger partial charge on any atom is 0.143 e. The summed E-state index contributed by atoms with van der Waals surface area (Å²) in [5.74, 6) is 2.37. The van der Waals surface area contributed by atoms with Crippen LogP contribution in [0.25, 0.3) is 0 Å². The highest BCUT2D eigenvalue weighted by molar-refractivity contribution is 5.87. The van der Waals surface area contributed by atoms with Gasteiger partial charge in [-0.1, -0.05) is 37.1 Å². The molecule has 0 spiro atoms. The second-order valence-electron chi connectivity index (χ2n) is 5.25. The molecule has 0 amide bonds. The van der Waals surface area contributed by atoms with Crippen molar-refractivity contribution >= 4 is 5.78 Å². The SMILES string of the molecule is O=C1C2C=CC=CC2CC2CCCCC12. The second kappa shape index (κ2) is 3.62. The molecule has 0 aliphatic heterocycles. The van der Waals surface area contributed by atoms with E-state index in [4.69, 9.17) is 0 Å². The predicted molar refractivity (Wildman–Crippen MR) is 60.3 cm³/mol. The Hall–Kier alpha value is -0.850. The van der Waals surface area contributed by atoms with E-state index in [0.717, 1.165) is 6.42 Å². The zero-order valence-corrected chi connectivity index (χ0v) is 9.06. The van der Waals surface area contributed by atoms with Crippen LogP contribution in [0.4, 0.5) is 0 Å². The highest BCUT2D eigenvalue weighted by atomic mass is 16.1. The Morgan fingerprint density at radius 1 is 1.07 bits per heavy atom. The molecule has 3 aliphatic rings. The molecule has 0 saturated heterocycles. The van der Waals surface area contributed by atoms with Gasteiger partial charge in [-0.25, -0.2) is 0 Å². The van der Waals surface area contributed by atoms with Gasteiger partial charge in [0.15, 0.2) is 0 Å². The van der Waals surface area contributed by atoms with Gasteiger partial charge in [0.2, 0.25) is 0 Å². The molecule has 2 fully saturated rings. The first-order chi connectivity index (χ1) is 7.36. The lowest BCUT2D eigenvalue weighted by Crippen LogP contribution is -2.41. The van der Waals surface area contributed by atoms with Crippen molar-refractivity contribution in [3.05, 3.63) is 24.3 Å². The molecular formula is C14H18O. The average molecular weight is 202 g/mol. The van der Waals surface area contributed by atoms with Crippen LogP contribution in [0.2, 0.25) is 0 Å². The first kappa shape index (κ1) is 9.38. The molecule has 1 heteroatoms. The van der Waals surface area contributed by atoms with Crippen LogP contribution >= 0.6 is 0 Å². The number of ketones is 1. The van der Waals surface area contributed by atoms with Crippen LogP contribution in [0.3, 0.4) is 0 Å². The zero-order valence-electron chi connectivity index (χ0n) is 9.06. The van der Waals surface area contributed by atoms with Crippen LogP contribution in [0, 0.1) is 23.7 Å². The minimum Gasteiger partial charge on any atom is -0.299 e. The molecule has 0 aromatic carbocycles. The predicted octanol–water partition coefficient (Wildman–Crippen LogP) is 3.12. The van der Waals surface area contributed by atoms with E-state index in [1.807, 2.05) is 6.08 Å². The zero-order chi connectivity index (χ0) is 10.3. The van der Waals surface area contributed by atoms with E-state index in [1.54, 1.807) is 0 Å². The molecule has 3 aliphatic carbocycles. The summed E-state index contributed by atoms with van der Waals surface area (Å²) in [5.41, 5.74) is 0. The lowest BCUT2D eigenvalue weighted by molar-refractivity contribution is -0.132.